The Morgan fingerprint density at radius 1 is 0.837 bits per heavy atom. The lowest BCUT2D eigenvalue weighted by Crippen LogP contribution is -2.38. The van der Waals surface area contributed by atoms with E-state index in [9.17, 15) is 9.59 Å². The largest absolute Gasteiger partial charge is 0.379 e. The molecule has 2 N–H and O–H groups in total. The third-order valence-electron chi connectivity index (χ3n) is 8.55. The molecule has 1 saturated heterocycles. The number of benzene rings is 3. The van der Waals surface area contributed by atoms with E-state index in [1.807, 2.05) is 42.5 Å². The van der Waals surface area contributed by atoms with Crippen molar-refractivity contribution in [3.8, 4) is 0 Å². The Balaban J connectivity index is 1.26. The quantitative estimate of drug-likeness (QED) is 0.239. The molecule has 0 bridgehead atoms. The fourth-order valence-corrected chi connectivity index (χ4v) is 5.98. The minimum absolute atomic E-state index is 0.112. The Morgan fingerprint density at radius 3 is 2.42 bits per heavy atom. The van der Waals surface area contributed by atoms with E-state index in [0.29, 0.717) is 23.4 Å². The van der Waals surface area contributed by atoms with Crippen molar-refractivity contribution in [3.05, 3.63) is 94.5 Å². The van der Waals surface area contributed by atoms with Crippen molar-refractivity contribution >= 4 is 23.2 Å². The van der Waals surface area contributed by atoms with Gasteiger partial charge in [-0.05, 0) is 79.3 Å². The average Bonchev–Trinajstić information content (AvgIpc) is 3.05. The van der Waals surface area contributed by atoms with Crippen molar-refractivity contribution in [2.45, 2.75) is 58.4 Å². The van der Waals surface area contributed by atoms with Gasteiger partial charge in [-0.3, -0.25) is 14.5 Å². The molecule has 3 aromatic carbocycles. The number of amides is 2. The molecule has 3 aromatic rings. The normalized spacial score (nSPS) is 15.1. The van der Waals surface area contributed by atoms with Crippen LogP contribution in [0.15, 0.2) is 66.7 Å². The van der Waals surface area contributed by atoms with Crippen molar-refractivity contribution in [1.82, 2.24) is 10.2 Å². The second kappa shape index (κ2) is 15.7. The Hall–Kier alpha value is -3.68. The Morgan fingerprint density at radius 2 is 1.63 bits per heavy atom. The number of morpholine rings is 1. The number of rotatable bonds is 13. The topological polar surface area (TPSA) is 73.9 Å². The summed E-state index contributed by atoms with van der Waals surface area (Å²) >= 11 is 0. The van der Waals surface area contributed by atoms with Crippen molar-refractivity contribution in [3.63, 3.8) is 0 Å². The number of carbonyl (C=O) groups is 2. The van der Waals surface area contributed by atoms with Gasteiger partial charge in [0.05, 0.1) is 18.8 Å². The lowest BCUT2D eigenvalue weighted by molar-refractivity contribution is 0.0374. The molecule has 2 aliphatic heterocycles. The minimum Gasteiger partial charge on any atom is -0.379 e. The molecule has 7 heteroatoms. The van der Waals surface area contributed by atoms with Gasteiger partial charge in [-0.2, -0.15) is 0 Å². The van der Waals surface area contributed by atoms with Crippen LogP contribution in [0.25, 0.3) is 0 Å². The maximum absolute atomic E-state index is 13.6. The summed E-state index contributed by atoms with van der Waals surface area (Å²) < 4.78 is 5.44. The number of fused-ring (bicyclic) bond motifs is 1. The summed E-state index contributed by atoms with van der Waals surface area (Å²) in [6.07, 6.45) is 7.75. The number of nitrogens with one attached hydrogen (secondary N) is 2. The third-order valence-corrected chi connectivity index (χ3v) is 8.55. The van der Waals surface area contributed by atoms with E-state index in [2.05, 4.69) is 51.6 Å². The monoisotopic (exact) mass is 582 g/mol. The fraction of sp³-hybridized carbons (Fsp3) is 0.444. The van der Waals surface area contributed by atoms with Gasteiger partial charge in [0.25, 0.3) is 11.8 Å². The first kappa shape index (κ1) is 30.8. The van der Waals surface area contributed by atoms with Crippen molar-refractivity contribution in [1.29, 1.82) is 0 Å². The number of aryl methyl sites for hydroxylation is 1. The van der Waals surface area contributed by atoms with Crippen molar-refractivity contribution < 1.29 is 14.3 Å². The number of hydrogen-bond acceptors (Lipinski definition) is 5. The molecule has 2 amide bonds. The van der Waals surface area contributed by atoms with Crippen LogP contribution in [0.1, 0.15) is 76.4 Å². The van der Waals surface area contributed by atoms with E-state index < -0.39 is 0 Å². The standard InChI is InChI=1S/C36H46N4O3/c1-2-3-4-5-9-28-12-14-30(15-13-28)35(41)38-32-16-17-34(40-21-18-29-10-6-7-11-31(29)27-40)33(26-32)36(42)37-19-8-20-39-22-24-43-25-23-39/h6-7,10-17,26H,2-5,8-9,18-25,27H2,1H3,(H,37,42)(H,38,41). The van der Waals surface area contributed by atoms with Crippen LogP contribution < -0.4 is 15.5 Å². The Kier molecular flexibility index (Phi) is 11.2. The van der Waals surface area contributed by atoms with Crippen LogP contribution in [0.3, 0.4) is 0 Å². The summed E-state index contributed by atoms with van der Waals surface area (Å²) in [6, 6.07) is 22.1. The summed E-state index contributed by atoms with van der Waals surface area (Å²) in [6.45, 7) is 8.78. The van der Waals surface area contributed by atoms with Gasteiger partial charge in [0.2, 0.25) is 0 Å². The molecule has 0 spiro atoms. The summed E-state index contributed by atoms with van der Waals surface area (Å²) in [7, 11) is 0. The second-order valence-corrected chi connectivity index (χ2v) is 11.7. The van der Waals surface area contributed by atoms with Gasteiger partial charge in [0, 0.05) is 49.7 Å². The molecule has 0 unspecified atom stereocenters. The van der Waals surface area contributed by atoms with E-state index in [1.165, 1.54) is 42.4 Å². The molecule has 0 aromatic heterocycles. The highest BCUT2D eigenvalue weighted by Gasteiger charge is 2.22. The maximum atomic E-state index is 13.6. The molecule has 5 rings (SSSR count). The lowest BCUT2D eigenvalue weighted by atomic mass is 9.98. The highest BCUT2D eigenvalue weighted by Crippen LogP contribution is 2.30. The zero-order chi connectivity index (χ0) is 29.9. The molecule has 2 aliphatic rings. The van der Waals surface area contributed by atoms with Gasteiger partial charge < -0.3 is 20.3 Å². The molecule has 1 fully saturated rings. The maximum Gasteiger partial charge on any atom is 0.255 e. The summed E-state index contributed by atoms with van der Waals surface area (Å²) in [5.74, 6) is -0.284. The van der Waals surface area contributed by atoms with E-state index in [0.717, 1.165) is 70.9 Å². The van der Waals surface area contributed by atoms with Crippen molar-refractivity contribution in [2.75, 3.05) is 56.2 Å². The smallest absolute Gasteiger partial charge is 0.255 e. The highest BCUT2D eigenvalue weighted by molar-refractivity contribution is 6.06. The first-order valence-electron chi connectivity index (χ1n) is 16.0. The number of ether oxygens (including phenoxy) is 1. The Bertz CT molecular complexity index is 1350. The number of nitrogens with zero attached hydrogens (tertiary/aromatic N) is 2. The first-order chi connectivity index (χ1) is 21.1. The zero-order valence-corrected chi connectivity index (χ0v) is 25.6. The predicted molar refractivity (Wildman–Crippen MR) is 174 cm³/mol. The molecule has 0 aliphatic carbocycles. The molecule has 43 heavy (non-hydrogen) atoms. The molecular weight excluding hydrogens is 536 g/mol. The van der Waals surface area contributed by atoms with Gasteiger partial charge in [-0.1, -0.05) is 62.6 Å². The van der Waals surface area contributed by atoms with Crippen LogP contribution in [0.2, 0.25) is 0 Å². The number of unbranched alkanes of at least 4 members (excludes halogenated alkanes) is 3. The van der Waals surface area contributed by atoms with Gasteiger partial charge in [0.15, 0.2) is 0 Å². The van der Waals surface area contributed by atoms with Crippen LogP contribution in [0.4, 0.5) is 11.4 Å². The lowest BCUT2D eigenvalue weighted by Gasteiger charge is -2.32. The van der Waals surface area contributed by atoms with E-state index in [4.69, 9.17) is 4.74 Å². The Labute approximate surface area is 256 Å². The summed E-state index contributed by atoms with van der Waals surface area (Å²) in [5, 5.41) is 6.18. The molecule has 7 nitrogen and oxygen atoms in total. The van der Waals surface area contributed by atoms with Crippen LogP contribution in [0, 0.1) is 0 Å². The van der Waals surface area contributed by atoms with Gasteiger partial charge >= 0.3 is 0 Å². The molecule has 0 radical (unpaired) electrons. The van der Waals surface area contributed by atoms with Crippen molar-refractivity contribution in [2.24, 2.45) is 0 Å². The van der Waals surface area contributed by atoms with E-state index in [1.54, 1.807) is 0 Å². The predicted octanol–water partition coefficient (Wildman–Crippen LogP) is 6.08. The summed E-state index contributed by atoms with van der Waals surface area (Å²) in [5.41, 5.74) is 6.63. The van der Waals surface area contributed by atoms with Crippen LogP contribution in [0.5, 0.6) is 0 Å². The van der Waals surface area contributed by atoms with Crippen LogP contribution >= 0.6 is 0 Å². The fourth-order valence-electron chi connectivity index (χ4n) is 5.98. The zero-order valence-electron chi connectivity index (χ0n) is 25.6. The highest BCUT2D eigenvalue weighted by atomic mass is 16.5. The number of anilines is 2. The molecule has 228 valence electrons. The van der Waals surface area contributed by atoms with Gasteiger partial charge in [-0.25, -0.2) is 0 Å². The SMILES string of the molecule is CCCCCCc1ccc(C(=O)Nc2ccc(N3CCc4ccccc4C3)c(C(=O)NCCCN3CCOCC3)c2)cc1. The van der Waals surface area contributed by atoms with E-state index >= 15 is 0 Å². The molecule has 0 saturated carbocycles. The number of carbonyl (C=O) groups excluding carboxylic acids is 2. The third kappa shape index (κ3) is 8.68. The molecule has 0 atom stereocenters. The van der Waals surface area contributed by atoms with Crippen LogP contribution in [-0.4, -0.2) is 62.7 Å². The van der Waals surface area contributed by atoms with E-state index in [-0.39, 0.29) is 11.8 Å². The second-order valence-electron chi connectivity index (χ2n) is 11.7. The van der Waals surface area contributed by atoms with Gasteiger partial charge in [-0.15, -0.1) is 0 Å². The average molecular weight is 583 g/mol. The number of hydrogen-bond donors (Lipinski definition) is 2. The van der Waals surface area contributed by atoms with Crippen LogP contribution in [-0.2, 0) is 24.1 Å². The molecule has 2 heterocycles. The summed E-state index contributed by atoms with van der Waals surface area (Å²) in [4.78, 5) is 31.4. The minimum atomic E-state index is -0.172. The van der Waals surface area contributed by atoms with Gasteiger partial charge in [0.1, 0.15) is 0 Å². The molecular formula is C36H46N4O3. The first-order valence-corrected chi connectivity index (χ1v) is 16.0.